The highest BCUT2D eigenvalue weighted by molar-refractivity contribution is 5.99. The molecular formula is C8H9N5O3. The van der Waals surface area contributed by atoms with Crippen LogP contribution < -0.4 is 5.53 Å². The average molecular weight is 223 g/mol. The summed E-state index contributed by atoms with van der Waals surface area (Å²) < 4.78 is 0. The fraction of sp³-hybridized carbons (Fsp3) is 0.125. The number of hydrogen-bond acceptors (Lipinski definition) is 7. The molecule has 0 atom stereocenters. The van der Waals surface area contributed by atoms with Crippen molar-refractivity contribution in [2.45, 2.75) is 0 Å². The van der Waals surface area contributed by atoms with Crippen LogP contribution in [0.3, 0.4) is 0 Å². The molecule has 16 heavy (non-hydrogen) atoms. The van der Waals surface area contributed by atoms with Crippen molar-refractivity contribution >= 4 is 11.5 Å². The maximum Gasteiger partial charge on any atom is 0.270 e. The first-order valence-corrected chi connectivity index (χ1v) is 4.40. The zero-order valence-corrected chi connectivity index (χ0v) is 8.36. The maximum absolute atomic E-state index is 10.6. The number of amidine groups is 1. The molecular weight excluding hydrogens is 214 g/mol. The quantitative estimate of drug-likeness (QED) is 0.553. The minimum absolute atomic E-state index is 0.0232. The molecule has 0 aliphatic carbocycles. The van der Waals surface area contributed by atoms with Crippen molar-refractivity contribution < 1.29 is 10.1 Å². The second-order valence-corrected chi connectivity index (χ2v) is 3.16. The van der Waals surface area contributed by atoms with Gasteiger partial charge in [0.2, 0.25) is 0 Å². The number of nitrogens with zero attached hydrogens (tertiary/aromatic N) is 4. The highest BCUT2D eigenvalue weighted by Crippen LogP contribution is 2.16. The Kier molecular flexibility index (Phi) is 2.43. The zero-order chi connectivity index (χ0) is 11.7. The van der Waals surface area contributed by atoms with Gasteiger partial charge in [0.15, 0.2) is 5.84 Å². The Morgan fingerprint density at radius 1 is 1.56 bits per heavy atom. The molecule has 1 aromatic rings. The first-order valence-electron chi connectivity index (χ1n) is 4.40. The first-order chi connectivity index (χ1) is 7.59. The maximum atomic E-state index is 10.6. The molecule has 1 heterocycles. The molecule has 0 spiro atoms. The predicted molar refractivity (Wildman–Crippen MR) is 54.2 cm³/mol. The van der Waals surface area contributed by atoms with Crippen molar-refractivity contribution in [1.82, 2.24) is 15.8 Å². The van der Waals surface area contributed by atoms with E-state index in [1.54, 1.807) is 19.2 Å². The SMILES string of the molecule is CN1C(c2cccc([N+](=O)[O-])c2)=NNN1O. The minimum atomic E-state index is -0.483. The summed E-state index contributed by atoms with van der Waals surface area (Å²) in [6.07, 6.45) is 0. The number of nitrogens with one attached hydrogen (secondary N) is 1. The van der Waals surface area contributed by atoms with E-state index in [1.807, 2.05) is 0 Å². The Morgan fingerprint density at radius 2 is 2.31 bits per heavy atom. The van der Waals surface area contributed by atoms with Crippen molar-refractivity contribution in [3.63, 3.8) is 0 Å². The van der Waals surface area contributed by atoms with Gasteiger partial charge in [0, 0.05) is 30.0 Å². The molecule has 1 aliphatic rings. The monoisotopic (exact) mass is 223 g/mol. The van der Waals surface area contributed by atoms with Crippen LogP contribution in [0.5, 0.6) is 0 Å². The van der Waals surface area contributed by atoms with Gasteiger partial charge in [-0.2, -0.15) is 5.53 Å². The Hall–Kier alpha value is -2.19. The predicted octanol–water partition coefficient (Wildman–Crippen LogP) is 0.313. The summed E-state index contributed by atoms with van der Waals surface area (Å²) in [6.45, 7) is 0. The number of non-ortho nitro benzene ring substituents is 1. The molecule has 0 aromatic heterocycles. The Balaban J connectivity index is 2.35. The summed E-state index contributed by atoms with van der Waals surface area (Å²) in [5, 5.41) is 25.6. The molecule has 8 nitrogen and oxygen atoms in total. The van der Waals surface area contributed by atoms with Gasteiger partial charge in [-0.3, -0.25) is 15.3 Å². The standard InChI is InChI=1S/C8H9N5O3/c1-11-8(9-10-13(11)16)6-3-2-4-7(5-6)12(14)15/h2-5,10,16H,1H3. The molecule has 0 fully saturated rings. The number of hydrazine groups is 2. The van der Waals surface area contributed by atoms with Gasteiger partial charge in [0.05, 0.1) is 4.92 Å². The van der Waals surface area contributed by atoms with Crippen molar-refractivity contribution in [3.05, 3.63) is 39.9 Å². The van der Waals surface area contributed by atoms with E-state index in [9.17, 15) is 15.3 Å². The Labute approximate surface area is 90.4 Å². The fourth-order valence-electron chi connectivity index (χ4n) is 1.33. The molecule has 2 N–H and O–H groups in total. The summed E-state index contributed by atoms with van der Waals surface area (Å²) >= 11 is 0. The van der Waals surface area contributed by atoms with Crippen LogP contribution in [0.25, 0.3) is 0 Å². The van der Waals surface area contributed by atoms with E-state index in [-0.39, 0.29) is 5.69 Å². The number of benzene rings is 1. The minimum Gasteiger partial charge on any atom is -0.275 e. The molecule has 84 valence electrons. The topological polar surface area (TPSA) is 94.2 Å². The third kappa shape index (κ3) is 1.66. The number of rotatable bonds is 2. The van der Waals surface area contributed by atoms with Gasteiger partial charge < -0.3 is 0 Å². The fourth-order valence-corrected chi connectivity index (χ4v) is 1.33. The van der Waals surface area contributed by atoms with Gasteiger partial charge in [0.25, 0.3) is 5.69 Å². The number of hydrazone groups is 1. The normalized spacial score (nSPS) is 15.9. The molecule has 1 aromatic carbocycles. The van der Waals surface area contributed by atoms with Gasteiger partial charge >= 0.3 is 0 Å². The van der Waals surface area contributed by atoms with Gasteiger partial charge in [-0.15, -0.1) is 5.10 Å². The number of hydrogen-bond donors (Lipinski definition) is 2. The number of nitro benzene ring substituents is 1. The van der Waals surface area contributed by atoms with Crippen LogP contribution in [0, 0.1) is 10.1 Å². The van der Waals surface area contributed by atoms with E-state index in [4.69, 9.17) is 0 Å². The Morgan fingerprint density at radius 3 is 2.88 bits per heavy atom. The zero-order valence-electron chi connectivity index (χ0n) is 8.36. The van der Waals surface area contributed by atoms with E-state index in [2.05, 4.69) is 10.6 Å². The van der Waals surface area contributed by atoms with E-state index in [0.29, 0.717) is 16.7 Å². The van der Waals surface area contributed by atoms with Gasteiger partial charge in [-0.05, 0) is 0 Å². The van der Waals surface area contributed by atoms with Gasteiger partial charge in [-0.1, -0.05) is 12.1 Å². The summed E-state index contributed by atoms with van der Waals surface area (Å²) in [6, 6.07) is 6.01. The second kappa shape index (κ2) is 3.76. The summed E-state index contributed by atoms with van der Waals surface area (Å²) in [5.74, 6) is 0.395. The second-order valence-electron chi connectivity index (χ2n) is 3.16. The van der Waals surface area contributed by atoms with Crippen LogP contribution in [0.4, 0.5) is 5.69 Å². The van der Waals surface area contributed by atoms with Gasteiger partial charge in [0.1, 0.15) is 0 Å². The van der Waals surface area contributed by atoms with Crippen molar-refractivity contribution in [3.8, 4) is 0 Å². The number of nitro groups is 1. The van der Waals surface area contributed by atoms with E-state index in [1.165, 1.54) is 17.1 Å². The molecule has 0 saturated heterocycles. The lowest BCUT2D eigenvalue weighted by Crippen LogP contribution is -2.40. The van der Waals surface area contributed by atoms with E-state index < -0.39 is 4.92 Å². The summed E-state index contributed by atoms with van der Waals surface area (Å²) in [5.41, 5.74) is 2.82. The largest absolute Gasteiger partial charge is 0.275 e. The van der Waals surface area contributed by atoms with E-state index in [0.717, 1.165) is 0 Å². The third-order valence-corrected chi connectivity index (χ3v) is 2.15. The highest BCUT2D eigenvalue weighted by atomic mass is 16.6. The summed E-state index contributed by atoms with van der Waals surface area (Å²) in [7, 11) is 1.57. The van der Waals surface area contributed by atoms with Crippen LogP contribution in [-0.2, 0) is 0 Å². The molecule has 0 amide bonds. The molecule has 0 saturated carbocycles. The molecule has 1 aliphatic heterocycles. The molecule has 0 radical (unpaired) electrons. The van der Waals surface area contributed by atoms with Crippen LogP contribution in [-0.4, -0.2) is 33.3 Å². The Bertz CT molecular complexity index is 461. The van der Waals surface area contributed by atoms with Crippen LogP contribution in [0.15, 0.2) is 29.4 Å². The lowest BCUT2D eigenvalue weighted by atomic mass is 10.2. The van der Waals surface area contributed by atoms with Crippen molar-refractivity contribution in [2.24, 2.45) is 5.10 Å². The first kappa shape index (κ1) is 10.3. The average Bonchev–Trinajstić information content (AvgIpc) is 2.60. The third-order valence-electron chi connectivity index (χ3n) is 2.15. The lowest BCUT2D eigenvalue weighted by molar-refractivity contribution is -0.384. The van der Waals surface area contributed by atoms with E-state index >= 15 is 0 Å². The van der Waals surface area contributed by atoms with Crippen LogP contribution in [0.1, 0.15) is 5.56 Å². The molecule has 2 rings (SSSR count). The lowest BCUT2D eigenvalue weighted by Gasteiger charge is -2.17. The van der Waals surface area contributed by atoms with Crippen molar-refractivity contribution in [1.29, 1.82) is 0 Å². The molecule has 0 unspecified atom stereocenters. The van der Waals surface area contributed by atoms with Gasteiger partial charge in [-0.25, -0.2) is 5.01 Å². The highest BCUT2D eigenvalue weighted by Gasteiger charge is 2.22. The van der Waals surface area contributed by atoms with Crippen LogP contribution in [0.2, 0.25) is 0 Å². The van der Waals surface area contributed by atoms with Crippen molar-refractivity contribution in [2.75, 3.05) is 7.05 Å². The smallest absolute Gasteiger partial charge is 0.270 e. The van der Waals surface area contributed by atoms with Crippen LogP contribution >= 0.6 is 0 Å². The molecule has 8 heteroatoms. The molecule has 0 bridgehead atoms. The summed E-state index contributed by atoms with van der Waals surface area (Å²) in [4.78, 5) is 10.1.